The topological polar surface area (TPSA) is 41.6 Å². The standard InChI is InChI=1S/C12H15Cl3N2O2/c1-12(2,3)19-11(18)17(4)16-9-6-7(13)5-8(14)10(9)15/h5-6,16H,1-4H3. The van der Waals surface area contributed by atoms with Gasteiger partial charge in [0.15, 0.2) is 0 Å². The van der Waals surface area contributed by atoms with Gasteiger partial charge in [0.05, 0.1) is 15.7 Å². The van der Waals surface area contributed by atoms with Crippen molar-refractivity contribution in [3.8, 4) is 0 Å². The van der Waals surface area contributed by atoms with Crippen molar-refractivity contribution in [2.24, 2.45) is 0 Å². The number of hydrogen-bond acceptors (Lipinski definition) is 3. The second-order valence-electron chi connectivity index (χ2n) is 4.90. The zero-order valence-corrected chi connectivity index (χ0v) is 13.3. The lowest BCUT2D eigenvalue weighted by molar-refractivity contribution is 0.0339. The van der Waals surface area contributed by atoms with Crippen molar-refractivity contribution in [2.75, 3.05) is 12.5 Å². The Kier molecular flexibility index (Phi) is 5.18. The largest absolute Gasteiger partial charge is 0.442 e. The van der Waals surface area contributed by atoms with Gasteiger partial charge < -0.3 is 4.74 Å². The Morgan fingerprint density at radius 2 is 1.84 bits per heavy atom. The number of benzene rings is 1. The van der Waals surface area contributed by atoms with Crippen LogP contribution in [0.1, 0.15) is 20.8 Å². The van der Waals surface area contributed by atoms with Crippen LogP contribution in [0.5, 0.6) is 0 Å². The van der Waals surface area contributed by atoms with Crippen LogP contribution in [0.2, 0.25) is 15.1 Å². The van der Waals surface area contributed by atoms with Crippen LogP contribution >= 0.6 is 34.8 Å². The molecule has 0 bridgehead atoms. The van der Waals surface area contributed by atoms with Crippen molar-refractivity contribution in [2.45, 2.75) is 26.4 Å². The molecule has 0 aromatic heterocycles. The summed E-state index contributed by atoms with van der Waals surface area (Å²) >= 11 is 17.8. The van der Waals surface area contributed by atoms with Gasteiger partial charge >= 0.3 is 6.09 Å². The highest BCUT2D eigenvalue weighted by Gasteiger charge is 2.20. The van der Waals surface area contributed by atoms with E-state index in [4.69, 9.17) is 39.5 Å². The molecule has 1 aromatic carbocycles. The highest BCUT2D eigenvalue weighted by molar-refractivity contribution is 6.45. The molecule has 19 heavy (non-hydrogen) atoms. The van der Waals surface area contributed by atoms with E-state index in [1.807, 2.05) is 0 Å². The highest BCUT2D eigenvalue weighted by atomic mass is 35.5. The van der Waals surface area contributed by atoms with E-state index < -0.39 is 11.7 Å². The Bertz CT molecular complexity index is 487. The molecule has 0 spiro atoms. The van der Waals surface area contributed by atoms with Gasteiger partial charge in [-0.05, 0) is 32.9 Å². The molecular formula is C12H15Cl3N2O2. The van der Waals surface area contributed by atoms with Gasteiger partial charge in [-0.3, -0.25) is 5.43 Å². The Morgan fingerprint density at radius 1 is 1.26 bits per heavy atom. The molecule has 1 N–H and O–H groups in total. The number of nitrogens with zero attached hydrogens (tertiary/aromatic N) is 1. The van der Waals surface area contributed by atoms with E-state index >= 15 is 0 Å². The number of amides is 1. The number of hydrogen-bond donors (Lipinski definition) is 1. The van der Waals surface area contributed by atoms with Crippen LogP contribution < -0.4 is 5.43 Å². The predicted octanol–water partition coefficient (Wildman–Crippen LogP) is 4.84. The number of hydrazine groups is 1. The lowest BCUT2D eigenvalue weighted by Crippen LogP contribution is -2.37. The fourth-order valence-electron chi connectivity index (χ4n) is 1.19. The average molecular weight is 326 g/mol. The minimum absolute atomic E-state index is 0.279. The summed E-state index contributed by atoms with van der Waals surface area (Å²) in [5.41, 5.74) is 2.62. The van der Waals surface area contributed by atoms with Crippen molar-refractivity contribution >= 4 is 46.6 Å². The van der Waals surface area contributed by atoms with Crippen LogP contribution in [0.4, 0.5) is 10.5 Å². The van der Waals surface area contributed by atoms with Crippen molar-refractivity contribution < 1.29 is 9.53 Å². The van der Waals surface area contributed by atoms with E-state index in [9.17, 15) is 4.79 Å². The summed E-state index contributed by atoms with van der Waals surface area (Å²) in [6.07, 6.45) is -0.542. The fourth-order valence-corrected chi connectivity index (χ4v) is 1.84. The van der Waals surface area contributed by atoms with Crippen molar-refractivity contribution in [1.82, 2.24) is 5.01 Å². The summed E-state index contributed by atoms with van der Waals surface area (Å²) in [6.45, 7) is 5.34. The summed E-state index contributed by atoms with van der Waals surface area (Å²) in [4.78, 5) is 11.8. The van der Waals surface area contributed by atoms with Gasteiger partial charge in [0.1, 0.15) is 5.60 Å². The third kappa shape index (κ3) is 4.97. The Hall–Kier alpha value is -0.840. The Balaban J connectivity index is 2.83. The number of nitrogens with one attached hydrogen (secondary N) is 1. The summed E-state index contributed by atoms with van der Waals surface area (Å²) in [5, 5.41) is 2.16. The van der Waals surface area contributed by atoms with Crippen molar-refractivity contribution in [3.63, 3.8) is 0 Å². The van der Waals surface area contributed by atoms with E-state index in [1.54, 1.807) is 26.8 Å². The summed E-state index contributed by atoms with van der Waals surface area (Å²) in [5.74, 6) is 0. The number of carbonyl (C=O) groups is 1. The Morgan fingerprint density at radius 3 is 2.37 bits per heavy atom. The van der Waals surface area contributed by atoms with Gasteiger partial charge in [-0.15, -0.1) is 0 Å². The summed E-state index contributed by atoms with van der Waals surface area (Å²) in [6, 6.07) is 3.08. The van der Waals surface area contributed by atoms with Gasteiger partial charge in [-0.2, -0.15) is 0 Å². The Labute approximate surface area is 127 Å². The van der Waals surface area contributed by atoms with E-state index in [1.165, 1.54) is 18.1 Å². The molecule has 106 valence electrons. The fraction of sp³-hybridized carbons (Fsp3) is 0.417. The molecular weight excluding hydrogens is 311 g/mol. The quantitative estimate of drug-likeness (QED) is 0.625. The first-order valence-corrected chi connectivity index (χ1v) is 6.61. The summed E-state index contributed by atoms with van der Waals surface area (Å²) in [7, 11) is 1.51. The van der Waals surface area contributed by atoms with Crippen LogP contribution in [-0.4, -0.2) is 23.8 Å². The molecule has 0 aliphatic heterocycles. The number of anilines is 1. The molecule has 4 nitrogen and oxygen atoms in total. The van der Waals surface area contributed by atoms with E-state index in [-0.39, 0.29) is 5.02 Å². The maximum atomic E-state index is 11.8. The molecule has 0 saturated carbocycles. The SMILES string of the molecule is CN(Nc1cc(Cl)cc(Cl)c1Cl)C(=O)OC(C)(C)C. The number of halogens is 3. The summed E-state index contributed by atoms with van der Waals surface area (Å²) < 4.78 is 5.19. The van der Waals surface area contributed by atoms with Crippen LogP contribution in [0.15, 0.2) is 12.1 Å². The molecule has 0 aliphatic rings. The smallest absolute Gasteiger partial charge is 0.428 e. The molecule has 0 atom stereocenters. The lowest BCUT2D eigenvalue weighted by atomic mass is 10.2. The maximum absolute atomic E-state index is 11.8. The lowest BCUT2D eigenvalue weighted by Gasteiger charge is -2.25. The number of rotatable bonds is 2. The second-order valence-corrected chi connectivity index (χ2v) is 6.12. The molecule has 1 amide bonds. The second kappa shape index (κ2) is 6.07. The monoisotopic (exact) mass is 324 g/mol. The first-order chi connectivity index (χ1) is 8.60. The van der Waals surface area contributed by atoms with E-state index in [2.05, 4.69) is 5.43 Å². The molecule has 0 saturated heterocycles. The minimum atomic E-state index is -0.581. The first kappa shape index (κ1) is 16.2. The molecule has 0 radical (unpaired) electrons. The van der Waals surface area contributed by atoms with Gasteiger partial charge in [0, 0.05) is 12.1 Å². The molecule has 1 aromatic rings. The van der Waals surface area contributed by atoms with E-state index in [0.717, 1.165) is 0 Å². The molecule has 0 aliphatic carbocycles. The number of carbonyl (C=O) groups excluding carboxylic acids is 1. The van der Waals surface area contributed by atoms with Crippen LogP contribution in [0.3, 0.4) is 0 Å². The third-order valence-electron chi connectivity index (χ3n) is 1.95. The van der Waals surface area contributed by atoms with Gasteiger partial charge in [0.2, 0.25) is 0 Å². The minimum Gasteiger partial charge on any atom is -0.442 e. The zero-order chi connectivity index (χ0) is 14.8. The van der Waals surface area contributed by atoms with Gasteiger partial charge in [0.25, 0.3) is 0 Å². The normalized spacial score (nSPS) is 11.1. The van der Waals surface area contributed by atoms with Crippen LogP contribution in [0.25, 0.3) is 0 Å². The van der Waals surface area contributed by atoms with Crippen LogP contribution in [0, 0.1) is 0 Å². The molecule has 0 heterocycles. The van der Waals surface area contributed by atoms with Crippen molar-refractivity contribution in [1.29, 1.82) is 0 Å². The highest BCUT2D eigenvalue weighted by Crippen LogP contribution is 2.33. The van der Waals surface area contributed by atoms with Crippen LogP contribution in [-0.2, 0) is 4.74 Å². The molecule has 7 heteroatoms. The molecule has 0 unspecified atom stereocenters. The van der Waals surface area contributed by atoms with Gasteiger partial charge in [-0.1, -0.05) is 34.8 Å². The predicted molar refractivity (Wildman–Crippen MR) is 79.1 cm³/mol. The van der Waals surface area contributed by atoms with E-state index in [0.29, 0.717) is 15.7 Å². The van der Waals surface area contributed by atoms with Crippen molar-refractivity contribution in [3.05, 3.63) is 27.2 Å². The van der Waals surface area contributed by atoms with Gasteiger partial charge in [-0.25, -0.2) is 9.80 Å². The zero-order valence-electron chi connectivity index (χ0n) is 11.1. The molecule has 0 fully saturated rings. The third-order valence-corrected chi connectivity index (χ3v) is 2.97. The molecule has 1 rings (SSSR count). The first-order valence-electron chi connectivity index (χ1n) is 5.48. The average Bonchev–Trinajstić information content (AvgIpc) is 2.22. The number of ether oxygens (including phenoxy) is 1. The maximum Gasteiger partial charge on any atom is 0.428 e.